The molecule has 2 fully saturated rings. The Morgan fingerprint density at radius 3 is 2.30 bits per heavy atom. The van der Waals surface area contributed by atoms with Crippen LogP contribution >= 0.6 is 0 Å². The van der Waals surface area contributed by atoms with E-state index >= 15 is 0 Å². The first-order valence-corrected chi connectivity index (χ1v) is 8.37. The molecule has 3 rings (SSSR count). The molecule has 1 spiro atoms. The molecular weight excluding hydrogens is 242 g/mol. The van der Waals surface area contributed by atoms with Gasteiger partial charge in [-0.2, -0.15) is 0 Å². The lowest BCUT2D eigenvalue weighted by molar-refractivity contribution is 0.0570. The molecule has 20 heavy (non-hydrogen) atoms. The van der Waals surface area contributed by atoms with Crippen LogP contribution in [0.4, 0.5) is 5.69 Å². The van der Waals surface area contributed by atoms with E-state index in [0.717, 1.165) is 0 Å². The number of nitrogens with one attached hydrogen (secondary N) is 1. The van der Waals surface area contributed by atoms with Gasteiger partial charge in [0.2, 0.25) is 0 Å². The maximum Gasteiger partial charge on any atom is 0.0380 e. The Bertz CT molecular complexity index is 463. The molecule has 1 heteroatoms. The van der Waals surface area contributed by atoms with Crippen molar-refractivity contribution in [3.63, 3.8) is 0 Å². The van der Waals surface area contributed by atoms with Gasteiger partial charge in [-0.05, 0) is 48.1 Å². The Morgan fingerprint density at radius 2 is 1.70 bits per heavy atom. The van der Waals surface area contributed by atoms with E-state index in [9.17, 15) is 0 Å². The van der Waals surface area contributed by atoms with Crippen LogP contribution in [0.2, 0.25) is 0 Å². The van der Waals surface area contributed by atoms with Crippen LogP contribution in [0.1, 0.15) is 71.3 Å². The van der Waals surface area contributed by atoms with Gasteiger partial charge in [0.25, 0.3) is 0 Å². The minimum Gasteiger partial charge on any atom is -0.382 e. The van der Waals surface area contributed by atoms with Crippen LogP contribution in [0.15, 0.2) is 24.3 Å². The summed E-state index contributed by atoms with van der Waals surface area (Å²) in [6.45, 7) is 6.93. The maximum atomic E-state index is 3.91. The summed E-state index contributed by atoms with van der Waals surface area (Å²) in [4.78, 5) is 0. The summed E-state index contributed by atoms with van der Waals surface area (Å²) < 4.78 is 0. The first-order valence-electron chi connectivity index (χ1n) is 8.37. The van der Waals surface area contributed by atoms with Crippen molar-refractivity contribution >= 4 is 5.69 Å². The third-order valence-electron chi connectivity index (χ3n) is 5.58. The van der Waals surface area contributed by atoms with Crippen molar-refractivity contribution in [1.29, 1.82) is 0 Å². The van der Waals surface area contributed by atoms with Crippen molar-refractivity contribution in [1.82, 2.24) is 0 Å². The summed E-state index contributed by atoms with van der Waals surface area (Å²) in [6.07, 6.45) is 10.0. The molecule has 1 atom stereocenters. The van der Waals surface area contributed by atoms with E-state index in [-0.39, 0.29) is 5.41 Å². The van der Waals surface area contributed by atoms with Gasteiger partial charge in [-0.15, -0.1) is 0 Å². The molecule has 0 heterocycles. The average molecular weight is 271 g/mol. The number of para-hydroxylation sites is 1. The molecule has 0 aliphatic heterocycles. The minimum atomic E-state index is 0.215. The molecule has 1 aromatic rings. The van der Waals surface area contributed by atoms with Crippen LogP contribution in [0.25, 0.3) is 0 Å². The van der Waals surface area contributed by atoms with Crippen LogP contribution in [0.3, 0.4) is 0 Å². The molecule has 1 unspecified atom stereocenters. The maximum absolute atomic E-state index is 3.91. The van der Waals surface area contributed by atoms with Crippen LogP contribution in [0, 0.1) is 5.41 Å². The van der Waals surface area contributed by atoms with Crippen LogP contribution < -0.4 is 5.32 Å². The van der Waals surface area contributed by atoms with E-state index in [4.69, 9.17) is 0 Å². The Morgan fingerprint density at radius 1 is 1.00 bits per heavy atom. The van der Waals surface area contributed by atoms with Gasteiger partial charge in [-0.25, -0.2) is 0 Å². The molecule has 1 N–H and O–H groups in total. The van der Waals surface area contributed by atoms with Gasteiger partial charge in [0.05, 0.1) is 0 Å². The van der Waals surface area contributed by atoms with Crippen molar-refractivity contribution in [2.45, 2.75) is 77.2 Å². The highest BCUT2D eigenvalue weighted by Gasteiger charge is 2.46. The molecule has 2 aliphatic carbocycles. The van der Waals surface area contributed by atoms with E-state index in [1.807, 2.05) is 0 Å². The lowest BCUT2D eigenvalue weighted by Crippen LogP contribution is -2.50. The standard InChI is InChI=1S/C19H29N/c1-18(2,3)15-9-5-6-10-16(15)20-17-11-14-19(17)12-7-4-8-13-19/h5-6,9-10,17,20H,4,7-8,11-14H2,1-3H3. The quantitative estimate of drug-likeness (QED) is 0.748. The monoisotopic (exact) mass is 271 g/mol. The molecule has 1 nitrogen and oxygen atoms in total. The molecule has 2 saturated carbocycles. The van der Waals surface area contributed by atoms with E-state index < -0.39 is 0 Å². The topological polar surface area (TPSA) is 12.0 Å². The van der Waals surface area contributed by atoms with Crippen LogP contribution in [0.5, 0.6) is 0 Å². The number of hydrogen-bond donors (Lipinski definition) is 1. The van der Waals surface area contributed by atoms with E-state index in [1.54, 1.807) is 0 Å². The summed E-state index contributed by atoms with van der Waals surface area (Å²) in [5.74, 6) is 0. The van der Waals surface area contributed by atoms with Gasteiger partial charge in [0.15, 0.2) is 0 Å². The van der Waals surface area contributed by atoms with Crippen molar-refractivity contribution < 1.29 is 0 Å². The van der Waals surface area contributed by atoms with Gasteiger partial charge in [0, 0.05) is 11.7 Å². The van der Waals surface area contributed by atoms with Gasteiger partial charge in [0.1, 0.15) is 0 Å². The predicted octanol–water partition coefficient (Wildman–Crippen LogP) is 5.51. The second kappa shape index (κ2) is 5.09. The van der Waals surface area contributed by atoms with Gasteiger partial charge in [-0.1, -0.05) is 58.2 Å². The van der Waals surface area contributed by atoms with Gasteiger partial charge >= 0.3 is 0 Å². The molecule has 0 amide bonds. The Balaban J connectivity index is 1.78. The van der Waals surface area contributed by atoms with Crippen molar-refractivity contribution in [3.05, 3.63) is 29.8 Å². The zero-order valence-electron chi connectivity index (χ0n) is 13.3. The summed E-state index contributed by atoms with van der Waals surface area (Å²) in [5.41, 5.74) is 3.67. The highest BCUT2D eigenvalue weighted by Crippen LogP contribution is 2.53. The van der Waals surface area contributed by atoms with Crippen molar-refractivity contribution in [2.24, 2.45) is 5.41 Å². The fourth-order valence-corrected chi connectivity index (χ4v) is 4.23. The Kier molecular flexibility index (Phi) is 3.56. The highest BCUT2D eigenvalue weighted by molar-refractivity contribution is 5.55. The Hall–Kier alpha value is -0.980. The molecular formula is C19H29N. The summed E-state index contributed by atoms with van der Waals surface area (Å²) in [7, 11) is 0. The molecule has 0 saturated heterocycles. The first-order chi connectivity index (χ1) is 9.51. The zero-order chi connectivity index (χ0) is 14.2. The first kappa shape index (κ1) is 14.0. The van der Waals surface area contributed by atoms with E-state index in [0.29, 0.717) is 11.5 Å². The van der Waals surface area contributed by atoms with Crippen molar-refractivity contribution in [2.75, 3.05) is 5.32 Å². The van der Waals surface area contributed by atoms with E-state index in [1.165, 1.54) is 56.2 Å². The summed E-state index contributed by atoms with van der Waals surface area (Å²) in [6, 6.07) is 9.61. The smallest absolute Gasteiger partial charge is 0.0380 e. The average Bonchev–Trinajstić information content (AvgIpc) is 2.44. The third-order valence-corrected chi connectivity index (χ3v) is 5.58. The minimum absolute atomic E-state index is 0.215. The number of hydrogen-bond acceptors (Lipinski definition) is 1. The second-order valence-electron chi connectivity index (χ2n) is 7.95. The van der Waals surface area contributed by atoms with Gasteiger partial charge < -0.3 is 5.32 Å². The highest BCUT2D eigenvalue weighted by atomic mass is 15.0. The fraction of sp³-hybridized carbons (Fsp3) is 0.684. The molecule has 2 aliphatic rings. The SMILES string of the molecule is CC(C)(C)c1ccccc1NC1CCC12CCCCC2. The van der Waals surface area contributed by atoms with E-state index in [2.05, 4.69) is 50.4 Å². The fourth-order valence-electron chi connectivity index (χ4n) is 4.23. The third kappa shape index (κ3) is 2.47. The number of rotatable bonds is 2. The predicted molar refractivity (Wildman–Crippen MR) is 87.3 cm³/mol. The van der Waals surface area contributed by atoms with Crippen LogP contribution in [-0.2, 0) is 5.41 Å². The lowest BCUT2D eigenvalue weighted by atomic mass is 9.57. The van der Waals surface area contributed by atoms with Gasteiger partial charge in [-0.3, -0.25) is 0 Å². The number of benzene rings is 1. The molecule has 110 valence electrons. The lowest BCUT2D eigenvalue weighted by Gasteiger charge is -2.53. The zero-order valence-corrected chi connectivity index (χ0v) is 13.3. The molecule has 0 bridgehead atoms. The largest absolute Gasteiger partial charge is 0.382 e. The second-order valence-corrected chi connectivity index (χ2v) is 7.95. The summed E-state index contributed by atoms with van der Waals surface area (Å²) in [5, 5.41) is 3.91. The number of anilines is 1. The molecule has 1 aromatic carbocycles. The van der Waals surface area contributed by atoms with Crippen LogP contribution in [-0.4, -0.2) is 6.04 Å². The normalized spacial score (nSPS) is 25.2. The molecule has 0 aromatic heterocycles. The van der Waals surface area contributed by atoms with Crippen molar-refractivity contribution in [3.8, 4) is 0 Å². The Labute approximate surface area is 124 Å². The summed E-state index contributed by atoms with van der Waals surface area (Å²) >= 11 is 0. The molecule has 0 radical (unpaired) electrons.